The molecule has 0 aliphatic heterocycles. The van der Waals surface area contributed by atoms with Crippen LogP contribution in [0.5, 0.6) is 0 Å². The molecule has 132 valence electrons. The van der Waals surface area contributed by atoms with Crippen molar-refractivity contribution in [1.82, 2.24) is 0 Å². The molecule has 0 saturated heterocycles. The topological polar surface area (TPSA) is 0 Å². The maximum Gasteiger partial charge on any atom is 0.112 e. The zero-order valence-corrected chi connectivity index (χ0v) is 17.9. The fraction of sp³-hybridized carbons (Fsp3) is 0.182. The van der Waals surface area contributed by atoms with Crippen molar-refractivity contribution in [2.75, 3.05) is 6.16 Å². The SMILES string of the molecule is CCCC[P+](c1ccccc1)(c1ccccc1)c1ccccc1.P.[Cl-]. The first-order chi connectivity index (χ1) is 11.4. The molecule has 0 N–H and O–H groups in total. The van der Waals surface area contributed by atoms with Gasteiger partial charge in [-0.1, -0.05) is 67.9 Å². The minimum atomic E-state index is -1.57. The van der Waals surface area contributed by atoms with Crippen molar-refractivity contribution in [1.29, 1.82) is 0 Å². The van der Waals surface area contributed by atoms with Crippen LogP contribution in [0.1, 0.15) is 19.8 Å². The van der Waals surface area contributed by atoms with Gasteiger partial charge in [0.25, 0.3) is 0 Å². The van der Waals surface area contributed by atoms with E-state index >= 15 is 0 Å². The van der Waals surface area contributed by atoms with Gasteiger partial charge < -0.3 is 12.4 Å². The maximum absolute atomic E-state index is 2.32. The molecule has 0 aromatic heterocycles. The summed E-state index contributed by atoms with van der Waals surface area (Å²) in [6.07, 6.45) is 3.72. The van der Waals surface area contributed by atoms with Crippen molar-refractivity contribution in [2.24, 2.45) is 0 Å². The fourth-order valence-corrected chi connectivity index (χ4v) is 7.78. The molecule has 3 rings (SSSR count). The molecule has 0 spiro atoms. The van der Waals surface area contributed by atoms with Crippen LogP contribution in [0.4, 0.5) is 0 Å². The minimum Gasteiger partial charge on any atom is -1.00 e. The summed E-state index contributed by atoms with van der Waals surface area (Å²) in [5.41, 5.74) is 0. The van der Waals surface area contributed by atoms with E-state index < -0.39 is 7.26 Å². The summed E-state index contributed by atoms with van der Waals surface area (Å²) in [6.45, 7) is 2.29. The van der Waals surface area contributed by atoms with Gasteiger partial charge in [0, 0.05) is 0 Å². The molecule has 0 aliphatic carbocycles. The van der Waals surface area contributed by atoms with Gasteiger partial charge in [0.1, 0.15) is 23.2 Å². The molecule has 0 aliphatic rings. The molecule has 0 radical (unpaired) electrons. The van der Waals surface area contributed by atoms with Crippen molar-refractivity contribution < 1.29 is 12.4 Å². The molecule has 0 bridgehead atoms. The van der Waals surface area contributed by atoms with Gasteiger partial charge in [0.05, 0.1) is 6.16 Å². The maximum atomic E-state index is 2.32. The Bertz CT molecular complexity index is 618. The van der Waals surface area contributed by atoms with Gasteiger partial charge >= 0.3 is 0 Å². The van der Waals surface area contributed by atoms with Crippen molar-refractivity contribution in [3.05, 3.63) is 91.0 Å². The molecule has 25 heavy (non-hydrogen) atoms. The Hall–Kier alpha value is -1.19. The predicted molar refractivity (Wildman–Crippen MR) is 116 cm³/mol. The zero-order chi connectivity index (χ0) is 16.0. The molecule has 0 heterocycles. The van der Waals surface area contributed by atoms with E-state index in [0.29, 0.717) is 0 Å². The number of benzene rings is 3. The van der Waals surface area contributed by atoms with Gasteiger partial charge in [0.15, 0.2) is 0 Å². The molecular formula is C22H27ClP2. The lowest BCUT2D eigenvalue weighted by Gasteiger charge is -2.27. The Labute approximate surface area is 162 Å². The summed E-state index contributed by atoms with van der Waals surface area (Å²) in [7, 11) is -1.57. The van der Waals surface area contributed by atoms with Crippen LogP contribution in [0.3, 0.4) is 0 Å². The van der Waals surface area contributed by atoms with Gasteiger partial charge in [-0.25, -0.2) is 0 Å². The molecule has 3 aromatic rings. The molecular weight excluding hydrogens is 362 g/mol. The highest BCUT2D eigenvalue weighted by Crippen LogP contribution is 2.55. The summed E-state index contributed by atoms with van der Waals surface area (Å²) in [4.78, 5) is 0. The fourth-order valence-electron chi connectivity index (χ4n) is 3.28. The monoisotopic (exact) mass is 388 g/mol. The largest absolute Gasteiger partial charge is 1.00 e. The van der Waals surface area contributed by atoms with E-state index in [4.69, 9.17) is 0 Å². The average Bonchev–Trinajstić information content (AvgIpc) is 2.65. The molecule has 0 fully saturated rings. The van der Waals surface area contributed by atoms with Crippen molar-refractivity contribution in [2.45, 2.75) is 19.8 Å². The molecule has 3 heteroatoms. The Morgan fingerprint density at radius 2 is 0.920 bits per heavy atom. The lowest BCUT2D eigenvalue weighted by molar-refractivity contribution is -0.00000469. The molecule has 0 saturated carbocycles. The Morgan fingerprint density at radius 1 is 0.600 bits per heavy atom. The summed E-state index contributed by atoms with van der Waals surface area (Å²) in [5.74, 6) is 0. The zero-order valence-electron chi connectivity index (χ0n) is 14.8. The Balaban J connectivity index is 0.00000156. The lowest BCUT2D eigenvalue weighted by atomic mass is 10.3. The summed E-state index contributed by atoms with van der Waals surface area (Å²) in [6, 6.07) is 33.4. The summed E-state index contributed by atoms with van der Waals surface area (Å²) in [5, 5.41) is 4.47. The quantitative estimate of drug-likeness (QED) is 0.565. The second-order valence-corrected chi connectivity index (χ2v) is 9.51. The van der Waals surface area contributed by atoms with Gasteiger partial charge in [-0.15, -0.1) is 0 Å². The van der Waals surface area contributed by atoms with E-state index in [1.165, 1.54) is 34.9 Å². The highest BCUT2D eigenvalue weighted by Gasteiger charge is 2.44. The van der Waals surface area contributed by atoms with Crippen LogP contribution in [0.15, 0.2) is 91.0 Å². The summed E-state index contributed by atoms with van der Waals surface area (Å²) < 4.78 is 0. The van der Waals surface area contributed by atoms with Crippen LogP contribution in [0, 0.1) is 0 Å². The van der Waals surface area contributed by atoms with Gasteiger partial charge in [-0.05, 0) is 42.8 Å². The molecule has 0 amide bonds. The van der Waals surface area contributed by atoms with Gasteiger partial charge in [-0.2, -0.15) is 9.90 Å². The predicted octanol–water partition coefficient (Wildman–Crippen LogP) is 1.84. The second kappa shape index (κ2) is 10.7. The standard InChI is InChI=1S/C22H24P.ClH.H3P/c1-2-3-19-23(20-13-7-4-8-14-20,21-15-9-5-10-16-21)22-17-11-6-12-18-22;;/h4-18H,2-3,19H2,1H3;1H;1H3/q+1;;/p-1. The Morgan fingerprint density at radius 3 is 1.20 bits per heavy atom. The van der Waals surface area contributed by atoms with E-state index in [0.717, 1.165) is 0 Å². The number of halogens is 1. The van der Waals surface area contributed by atoms with Crippen LogP contribution in [-0.2, 0) is 0 Å². The molecule has 3 aromatic carbocycles. The third-order valence-electron chi connectivity index (χ3n) is 4.44. The van der Waals surface area contributed by atoms with E-state index in [1.807, 2.05) is 0 Å². The van der Waals surface area contributed by atoms with Crippen molar-refractivity contribution >= 4 is 33.1 Å². The van der Waals surface area contributed by atoms with Crippen molar-refractivity contribution in [3.63, 3.8) is 0 Å². The first-order valence-corrected chi connectivity index (χ1v) is 10.4. The number of rotatable bonds is 6. The van der Waals surface area contributed by atoms with Crippen LogP contribution in [-0.4, -0.2) is 6.16 Å². The molecule has 1 atom stereocenters. The van der Waals surface area contributed by atoms with E-state index in [9.17, 15) is 0 Å². The first kappa shape index (κ1) is 21.9. The summed E-state index contributed by atoms with van der Waals surface area (Å²) >= 11 is 0. The average molecular weight is 389 g/mol. The van der Waals surface area contributed by atoms with E-state index in [-0.39, 0.29) is 22.3 Å². The van der Waals surface area contributed by atoms with Crippen LogP contribution >= 0.6 is 17.2 Å². The van der Waals surface area contributed by atoms with Crippen LogP contribution < -0.4 is 28.3 Å². The Kier molecular flexibility index (Phi) is 9.37. The van der Waals surface area contributed by atoms with E-state index in [2.05, 4.69) is 97.9 Å². The van der Waals surface area contributed by atoms with Gasteiger partial charge in [0.2, 0.25) is 0 Å². The minimum absolute atomic E-state index is 0. The second-order valence-electron chi connectivity index (χ2n) is 5.89. The van der Waals surface area contributed by atoms with Crippen molar-refractivity contribution in [3.8, 4) is 0 Å². The number of unbranched alkanes of at least 4 members (excludes halogenated alkanes) is 1. The number of hydrogen-bond acceptors (Lipinski definition) is 0. The third-order valence-corrected chi connectivity index (χ3v) is 8.96. The number of hydrogen-bond donors (Lipinski definition) is 0. The molecule has 0 nitrogen and oxygen atoms in total. The lowest BCUT2D eigenvalue weighted by Crippen LogP contribution is -3.00. The first-order valence-electron chi connectivity index (χ1n) is 8.43. The normalized spacial score (nSPS) is 10.4. The van der Waals surface area contributed by atoms with Crippen LogP contribution in [0.2, 0.25) is 0 Å². The smallest absolute Gasteiger partial charge is 0.112 e. The van der Waals surface area contributed by atoms with Gasteiger partial charge in [-0.3, -0.25) is 0 Å². The third kappa shape index (κ3) is 4.71. The van der Waals surface area contributed by atoms with Crippen LogP contribution in [0.25, 0.3) is 0 Å². The van der Waals surface area contributed by atoms with E-state index in [1.54, 1.807) is 0 Å². The molecule has 1 unspecified atom stereocenters. The highest BCUT2D eigenvalue weighted by molar-refractivity contribution is 7.95. The highest BCUT2D eigenvalue weighted by atomic mass is 35.5.